The van der Waals surface area contributed by atoms with Crippen LogP contribution in [0.3, 0.4) is 0 Å². The van der Waals surface area contributed by atoms with Gasteiger partial charge in [-0.15, -0.1) is 0 Å². The normalized spacial score (nSPS) is 10.8. The number of aromatic nitrogens is 2. The summed E-state index contributed by atoms with van der Waals surface area (Å²) in [7, 11) is 0. The van der Waals surface area contributed by atoms with Gasteiger partial charge in [0.05, 0.1) is 22.5 Å². The lowest BCUT2D eigenvalue weighted by atomic mass is 10.1. The number of aromatic carboxylic acids is 1. The minimum absolute atomic E-state index is 0.0227. The van der Waals surface area contributed by atoms with Gasteiger partial charge in [0.15, 0.2) is 0 Å². The van der Waals surface area contributed by atoms with Crippen molar-refractivity contribution in [3.8, 4) is 5.69 Å². The second kappa shape index (κ2) is 5.12. The lowest BCUT2D eigenvalue weighted by Gasteiger charge is -2.11. The smallest absolute Gasteiger partial charge is 0.339 e. The molecule has 0 saturated heterocycles. The van der Waals surface area contributed by atoms with E-state index in [-0.39, 0.29) is 17.2 Å². The molecule has 0 spiro atoms. The van der Waals surface area contributed by atoms with Crippen molar-refractivity contribution in [1.29, 1.82) is 0 Å². The van der Waals surface area contributed by atoms with Gasteiger partial charge in [-0.1, -0.05) is 13.8 Å². The van der Waals surface area contributed by atoms with Gasteiger partial charge in [-0.25, -0.2) is 9.48 Å². The number of carboxylic acid groups (broad SMARTS) is 1. The molecule has 0 aliphatic heterocycles. The maximum atomic E-state index is 11.2. The largest absolute Gasteiger partial charge is 0.478 e. The third kappa shape index (κ3) is 2.37. The van der Waals surface area contributed by atoms with Crippen LogP contribution in [0.5, 0.6) is 0 Å². The number of rotatable bonds is 4. The van der Waals surface area contributed by atoms with Gasteiger partial charge in [0.25, 0.3) is 5.69 Å². The van der Waals surface area contributed by atoms with E-state index < -0.39 is 10.9 Å². The Kier molecular flexibility index (Phi) is 3.51. The molecule has 1 aromatic heterocycles. The number of nitrogens with zero attached hydrogens (tertiary/aromatic N) is 3. The number of benzene rings is 1. The Hall–Kier alpha value is -2.70. The van der Waals surface area contributed by atoms with E-state index in [1.165, 1.54) is 23.0 Å². The van der Waals surface area contributed by atoms with E-state index in [0.29, 0.717) is 11.4 Å². The molecule has 0 saturated carbocycles. The minimum Gasteiger partial charge on any atom is -0.478 e. The van der Waals surface area contributed by atoms with Crippen molar-refractivity contribution in [2.24, 2.45) is 0 Å². The quantitative estimate of drug-likeness (QED) is 0.683. The van der Waals surface area contributed by atoms with Gasteiger partial charge in [-0.05, 0) is 18.1 Å². The van der Waals surface area contributed by atoms with E-state index in [4.69, 9.17) is 5.11 Å². The highest BCUT2D eigenvalue weighted by atomic mass is 16.6. The topological polar surface area (TPSA) is 98.3 Å². The number of hydrogen-bond acceptors (Lipinski definition) is 4. The van der Waals surface area contributed by atoms with E-state index in [2.05, 4.69) is 5.10 Å². The van der Waals surface area contributed by atoms with E-state index >= 15 is 0 Å². The first-order chi connectivity index (χ1) is 9.41. The van der Waals surface area contributed by atoms with Crippen molar-refractivity contribution in [3.05, 3.63) is 51.8 Å². The number of nitro groups is 1. The van der Waals surface area contributed by atoms with Crippen molar-refractivity contribution < 1.29 is 14.8 Å². The zero-order valence-corrected chi connectivity index (χ0v) is 11.0. The molecule has 0 unspecified atom stereocenters. The van der Waals surface area contributed by atoms with Gasteiger partial charge in [-0.3, -0.25) is 10.1 Å². The molecule has 7 nitrogen and oxygen atoms in total. The van der Waals surface area contributed by atoms with E-state index in [0.717, 1.165) is 0 Å². The molecule has 7 heteroatoms. The van der Waals surface area contributed by atoms with Crippen LogP contribution in [0.1, 0.15) is 35.8 Å². The van der Waals surface area contributed by atoms with Crippen LogP contribution in [-0.4, -0.2) is 25.8 Å². The van der Waals surface area contributed by atoms with E-state index in [1.807, 2.05) is 13.8 Å². The molecule has 2 aromatic rings. The number of hydrogen-bond donors (Lipinski definition) is 1. The maximum absolute atomic E-state index is 11.2. The van der Waals surface area contributed by atoms with Gasteiger partial charge in [0, 0.05) is 12.1 Å². The van der Waals surface area contributed by atoms with Crippen LogP contribution in [0, 0.1) is 10.1 Å². The molecular formula is C13H13N3O4. The standard InChI is InChI=1S/C13H13N3O4/c1-8(2)12-11(13(17)18)7-14-15(12)9-3-5-10(6-4-9)16(19)20/h3-8H,1-2H3,(H,17,18). The number of non-ortho nitro benzene ring substituents is 1. The Bertz CT molecular complexity index is 659. The third-order valence-corrected chi connectivity index (χ3v) is 2.89. The molecule has 0 radical (unpaired) electrons. The zero-order valence-electron chi connectivity index (χ0n) is 11.0. The number of carbonyl (C=O) groups is 1. The molecule has 0 aliphatic rings. The van der Waals surface area contributed by atoms with Gasteiger partial charge in [-0.2, -0.15) is 5.10 Å². The summed E-state index contributed by atoms with van der Waals surface area (Å²) in [4.78, 5) is 21.3. The van der Waals surface area contributed by atoms with Gasteiger partial charge in [0.1, 0.15) is 5.56 Å². The summed E-state index contributed by atoms with van der Waals surface area (Å²) < 4.78 is 1.50. The highest BCUT2D eigenvalue weighted by Gasteiger charge is 2.20. The summed E-state index contributed by atoms with van der Waals surface area (Å²) in [6, 6.07) is 5.81. The van der Waals surface area contributed by atoms with Crippen molar-refractivity contribution in [3.63, 3.8) is 0 Å². The lowest BCUT2D eigenvalue weighted by molar-refractivity contribution is -0.384. The molecule has 20 heavy (non-hydrogen) atoms. The predicted octanol–water partition coefficient (Wildman–Crippen LogP) is 2.60. The predicted molar refractivity (Wildman–Crippen MR) is 71.3 cm³/mol. The molecule has 0 fully saturated rings. The third-order valence-electron chi connectivity index (χ3n) is 2.89. The van der Waals surface area contributed by atoms with Crippen LogP contribution >= 0.6 is 0 Å². The fraction of sp³-hybridized carbons (Fsp3) is 0.231. The van der Waals surface area contributed by atoms with Gasteiger partial charge >= 0.3 is 5.97 Å². The molecule has 0 atom stereocenters. The van der Waals surface area contributed by atoms with E-state index in [9.17, 15) is 14.9 Å². The first kappa shape index (κ1) is 13.7. The number of nitro benzene ring substituents is 1. The summed E-state index contributed by atoms with van der Waals surface area (Å²) in [5.41, 5.74) is 1.27. The second-order valence-electron chi connectivity index (χ2n) is 4.59. The Labute approximate surface area is 114 Å². The first-order valence-electron chi connectivity index (χ1n) is 5.98. The summed E-state index contributed by atoms with van der Waals surface area (Å²) >= 11 is 0. The molecule has 1 heterocycles. The van der Waals surface area contributed by atoms with E-state index in [1.54, 1.807) is 12.1 Å². The molecule has 104 valence electrons. The highest BCUT2D eigenvalue weighted by molar-refractivity contribution is 5.89. The average molecular weight is 275 g/mol. The average Bonchev–Trinajstić information content (AvgIpc) is 2.83. The van der Waals surface area contributed by atoms with Crippen LogP contribution in [0.2, 0.25) is 0 Å². The van der Waals surface area contributed by atoms with Gasteiger partial charge in [0.2, 0.25) is 0 Å². The molecule has 1 aromatic carbocycles. The Morgan fingerprint density at radius 2 is 1.95 bits per heavy atom. The minimum atomic E-state index is -1.04. The molecule has 0 amide bonds. The maximum Gasteiger partial charge on any atom is 0.339 e. The molecule has 0 bridgehead atoms. The van der Waals surface area contributed by atoms with Gasteiger partial charge < -0.3 is 5.11 Å². The number of carboxylic acids is 1. The highest BCUT2D eigenvalue weighted by Crippen LogP contribution is 2.24. The van der Waals surface area contributed by atoms with Crippen molar-refractivity contribution in [2.75, 3.05) is 0 Å². The van der Waals surface area contributed by atoms with Crippen LogP contribution in [-0.2, 0) is 0 Å². The van der Waals surface area contributed by atoms with Crippen LogP contribution in [0.15, 0.2) is 30.5 Å². The summed E-state index contributed by atoms with van der Waals surface area (Å²) in [5, 5.41) is 23.8. The van der Waals surface area contributed by atoms with Crippen LogP contribution in [0.4, 0.5) is 5.69 Å². The van der Waals surface area contributed by atoms with Crippen molar-refractivity contribution in [1.82, 2.24) is 9.78 Å². The Morgan fingerprint density at radius 3 is 2.40 bits per heavy atom. The van der Waals surface area contributed by atoms with Crippen LogP contribution in [0.25, 0.3) is 5.69 Å². The first-order valence-corrected chi connectivity index (χ1v) is 5.98. The lowest BCUT2D eigenvalue weighted by Crippen LogP contribution is -2.08. The molecule has 1 N–H and O–H groups in total. The van der Waals surface area contributed by atoms with Crippen molar-refractivity contribution >= 4 is 11.7 Å². The molecular weight excluding hydrogens is 262 g/mol. The summed E-state index contributed by atoms with van der Waals surface area (Å²) in [5.74, 6) is -1.08. The Morgan fingerprint density at radius 1 is 1.35 bits per heavy atom. The second-order valence-corrected chi connectivity index (χ2v) is 4.59. The van der Waals surface area contributed by atoms with Crippen molar-refractivity contribution in [2.45, 2.75) is 19.8 Å². The fourth-order valence-electron chi connectivity index (χ4n) is 2.00. The fourth-order valence-corrected chi connectivity index (χ4v) is 2.00. The SMILES string of the molecule is CC(C)c1c(C(=O)O)cnn1-c1ccc([N+](=O)[O-])cc1. The molecule has 0 aliphatic carbocycles. The summed E-state index contributed by atoms with van der Waals surface area (Å²) in [6.07, 6.45) is 1.29. The molecule has 2 rings (SSSR count). The summed E-state index contributed by atoms with van der Waals surface area (Å²) in [6.45, 7) is 3.73. The zero-order chi connectivity index (χ0) is 14.9. The van der Waals surface area contributed by atoms with Crippen LogP contribution < -0.4 is 0 Å². The monoisotopic (exact) mass is 275 g/mol. The Balaban J connectivity index is 2.52.